The van der Waals surface area contributed by atoms with E-state index in [4.69, 9.17) is 0 Å². The van der Waals surface area contributed by atoms with Gasteiger partial charge in [-0.05, 0) is 18.7 Å². The average Bonchev–Trinajstić information content (AvgIpc) is 2.45. The molecule has 2 N–H and O–H groups in total. The third-order valence-electron chi connectivity index (χ3n) is 2.93. The lowest BCUT2D eigenvalue weighted by molar-refractivity contribution is -0.384. The molecular formula is C13H19N3O3S. The molecule has 6 nitrogen and oxygen atoms in total. The van der Waals surface area contributed by atoms with Gasteiger partial charge in [0.1, 0.15) is 5.69 Å². The van der Waals surface area contributed by atoms with Crippen LogP contribution in [0.4, 0.5) is 11.4 Å². The second kappa shape index (κ2) is 7.74. The molecule has 0 aliphatic carbocycles. The summed E-state index contributed by atoms with van der Waals surface area (Å²) in [5.41, 5.74) is 0.438. The molecule has 0 aliphatic rings. The summed E-state index contributed by atoms with van der Waals surface area (Å²) in [7, 11) is 1.57. The first-order valence-corrected chi connectivity index (χ1v) is 7.69. The van der Waals surface area contributed by atoms with Crippen LogP contribution in [-0.2, 0) is 0 Å². The van der Waals surface area contributed by atoms with Crippen molar-refractivity contribution in [3.63, 3.8) is 0 Å². The number of nitrogens with zero attached hydrogens (tertiary/aromatic N) is 1. The molecule has 0 saturated heterocycles. The summed E-state index contributed by atoms with van der Waals surface area (Å²) >= 11 is 1.65. The highest BCUT2D eigenvalue weighted by molar-refractivity contribution is 7.98. The fraction of sp³-hybridized carbons (Fsp3) is 0.462. The van der Waals surface area contributed by atoms with Crippen molar-refractivity contribution in [3.8, 4) is 0 Å². The van der Waals surface area contributed by atoms with Crippen LogP contribution in [0.3, 0.4) is 0 Å². The van der Waals surface area contributed by atoms with Gasteiger partial charge in [0, 0.05) is 24.9 Å². The second-order valence-corrected chi connectivity index (χ2v) is 5.15. The number of rotatable bonds is 7. The van der Waals surface area contributed by atoms with Gasteiger partial charge in [0.25, 0.3) is 11.6 Å². The van der Waals surface area contributed by atoms with E-state index in [1.165, 1.54) is 12.1 Å². The highest BCUT2D eigenvalue weighted by Crippen LogP contribution is 2.27. The minimum absolute atomic E-state index is 0.0569. The summed E-state index contributed by atoms with van der Waals surface area (Å²) < 4.78 is 0. The Balaban J connectivity index is 3.03. The molecule has 7 heteroatoms. The van der Waals surface area contributed by atoms with E-state index in [1.807, 2.05) is 13.2 Å². The van der Waals surface area contributed by atoms with E-state index in [9.17, 15) is 14.9 Å². The van der Waals surface area contributed by atoms with Crippen molar-refractivity contribution in [1.82, 2.24) is 5.32 Å². The number of hydrogen-bond acceptors (Lipinski definition) is 5. The standard InChI is InChI=1S/C13H19N3O3S/c1-4-9(8-20-3)15-13(17)10-6-5-7-11(16(18)19)12(10)14-2/h5-7,9,14H,4,8H2,1-3H3,(H,15,17). The van der Waals surface area contributed by atoms with Gasteiger partial charge < -0.3 is 10.6 Å². The first-order valence-electron chi connectivity index (χ1n) is 6.30. The van der Waals surface area contributed by atoms with Crippen molar-refractivity contribution in [1.29, 1.82) is 0 Å². The average molecular weight is 297 g/mol. The van der Waals surface area contributed by atoms with Crippen molar-refractivity contribution in [2.45, 2.75) is 19.4 Å². The number of anilines is 1. The van der Waals surface area contributed by atoms with Crippen molar-refractivity contribution in [3.05, 3.63) is 33.9 Å². The van der Waals surface area contributed by atoms with E-state index in [2.05, 4.69) is 10.6 Å². The molecule has 1 rings (SSSR count). The quantitative estimate of drug-likeness (QED) is 0.596. The van der Waals surface area contributed by atoms with Crippen molar-refractivity contribution < 1.29 is 9.72 Å². The van der Waals surface area contributed by atoms with Crippen molar-refractivity contribution in [2.24, 2.45) is 0 Å². The van der Waals surface area contributed by atoms with Crippen molar-refractivity contribution >= 4 is 29.0 Å². The molecule has 1 atom stereocenters. The molecule has 1 aromatic carbocycles. The molecule has 0 radical (unpaired) electrons. The van der Waals surface area contributed by atoms with Crippen molar-refractivity contribution in [2.75, 3.05) is 24.4 Å². The summed E-state index contributed by atoms with van der Waals surface area (Å²) in [5, 5.41) is 16.6. The lowest BCUT2D eigenvalue weighted by atomic mass is 10.1. The zero-order valence-corrected chi connectivity index (χ0v) is 12.6. The molecule has 20 heavy (non-hydrogen) atoms. The molecule has 1 amide bonds. The first-order chi connectivity index (χ1) is 9.54. The smallest absolute Gasteiger partial charge is 0.293 e. The fourth-order valence-corrected chi connectivity index (χ4v) is 2.59. The highest BCUT2D eigenvalue weighted by Gasteiger charge is 2.21. The molecular weight excluding hydrogens is 278 g/mol. The second-order valence-electron chi connectivity index (χ2n) is 4.24. The lowest BCUT2D eigenvalue weighted by Crippen LogP contribution is -2.36. The molecule has 0 saturated carbocycles. The lowest BCUT2D eigenvalue weighted by Gasteiger charge is -2.17. The van der Waals surface area contributed by atoms with Crippen LogP contribution in [0.1, 0.15) is 23.7 Å². The summed E-state index contributed by atoms with van der Waals surface area (Å²) in [6, 6.07) is 4.53. The van der Waals surface area contributed by atoms with Crippen LogP contribution in [0.15, 0.2) is 18.2 Å². The predicted octanol–water partition coefficient (Wildman–Crippen LogP) is 2.51. The van der Waals surface area contributed by atoms with Gasteiger partial charge in [0.2, 0.25) is 0 Å². The minimum atomic E-state index is -0.498. The number of nitro benzene ring substituents is 1. The van der Waals surface area contributed by atoms with Gasteiger partial charge in [-0.2, -0.15) is 11.8 Å². The number of nitro groups is 1. The number of thioether (sulfide) groups is 1. The van der Waals surface area contributed by atoms with Crippen LogP contribution < -0.4 is 10.6 Å². The largest absolute Gasteiger partial charge is 0.382 e. The Morgan fingerprint density at radius 3 is 2.70 bits per heavy atom. The van der Waals surface area contributed by atoms with Gasteiger partial charge in [-0.1, -0.05) is 13.0 Å². The maximum atomic E-state index is 12.3. The van der Waals surface area contributed by atoms with E-state index in [0.29, 0.717) is 5.56 Å². The Hall–Kier alpha value is -1.76. The number of para-hydroxylation sites is 1. The molecule has 0 bridgehead atoms. The molecule has 0 fully saturated rings. The van der Waals surface area contributed by atoms with Gasteiger partial charge in [0.15, 0.2) is 0 Å². The Labute approximate surface area is 122 Å². The molecule has 1 aromatic rings. The molecule has 0 heterocycles. The SMILES string of the molecule is CCC(CSC)NC(=O)c1cccc([N+](=O)[O-])c1NC. The number of carbonyl (C=O) groups is 1. The summed E-state index contributed by atoms with van der Waals surface area (Å²) in [5.74, 6) is 0.519. The van der Waals surface area contributed by atoms with Crippen LogP contribution >= 0.6 is 11.8 Å². The summed E-state index contributed by atoms with van der Waals surface area (Å²) in [4.78, 5) is 22.7. The Bertz CT molecular complexity index is 494. The predicted molar refractivity (Wildman–Crippen MR) is 82.6 cm³/mol. The number of benzene rings is 1. The summed E-state index contributed by atoms with van der Waals surface area (Å²) in [6.45, 7) is 1.99. The van der Waals surface area contributed by atoms with Crippen LogP contribution in [0, 0.1) is 10.1 Å². The zero-order chi connectivity index (χ0) is 15.1. The highest BCUT2D eigenvalue weighted by atomic mass is 32.2. The van der Waals surface area contributed by atoms with Crippen LogP contribution in [0.5, 0.6) is 0 Å². The Morgan fingerprint density at radius 2 is 2.20 bits per heavy atom. The zero-order valence-electron chi connectivity index (χ0n) is 11.8. The van der Waals surface area contributed by atoms with E-state index >= 15 is 0 Å². The topological polar surface area (TPSA) is 84.3 Å². The third kappa shape index (κ3) is 3.86. The number of carbonyl (C=O) groups excluding carboxylic acids is 1. The maximum absolute atomic E-state index is 12.3. The Kier molecular flexibility index (Phi) is 6.30. The fourth-order valence-electron chi connectivity index (χ4n) is 1.87. The van der Waals surface area contributed by atoms with Crippen LogP contribution in [0.2, 0.25) is 0 Å². The van der Waals surface area contributed by atoms with E-state index in [1.54, 1.807) is 24.9 Å². The van der Waals surface area contributed by atoms with Crippen LogP contribution in [0.25, 0.3) is 0 Å². The van der Waals surface area contributed by atoms with E-state index in [-0.39, 0.29) is 23.3 Å². The van der Waals surface area contributed by atoms with Gasteiger partial charge in [-0.15, -0.1) is 0 Å². The van der Waals surface area contributed by atoms with Gasteiger partial charge in [0.05, 0.1) is 10.5 Å². The monoisotopic (exact) mass is 297 g/mol. The van der Waals surface area contributed by atoms with Gasteiger partial charge in [-0.3, -0.25) is 14.9 Å². The maximum Gasteiger partial charge on any atom is 0.293 e. The van der Waals surface area contributed by atoms with E-state index in [0.717, 1.165) is 12.2 Å². The number of nitrogens with one attached hydrogen (secondary N) is 2. The molecule has 0 spiro atoms. The van der Waals surface area contributed by atoms with Crippen LogP contribution in [-0.4, -0.2) is 35.9 Å². The third-order valence-corrected chi connectivity index (χ3v) is 3.67. The normalized spacial score (nSPS) is 11.8. The molecule has 1 unspecified atom stereocenters. The van der Waals surface area contributed by atoms with E-state index < -0.39 is 4.92 Å². The van der Waals surface area contributed by atoms with Gasteiger partial charge >= 0.3 is 0 Å². The summed E-state index contributed by atoms with van der Waals surface area (Å²) in [6.07, 6.45) is 2.79. The molecule has 0 aliphatic heterocycles. The molecule has 110 valence electrons. The Morgan fingerprint density at radius 1 is 1.50 bits per heavy atom. The first kappa shape index (κ1) is 16.3. The molecule has 0 aromatic heterocycles. The number of amides is 1. The van der Waals surface area contributed by atoms with Gasteiger partial charge in [-0.25, -0.2) is 0 Å². The number of hydrogen-bond donors (Lipinski definition) is 2. The minimum Gasteiger partial charge on any atom is -0.382 e.